The van der Waals surface area contributed by atoms with Gasteiger partial charge in [-0.25, -0.2) is 4.79 Å². The molecule has 28 heavy (non-hydrogen) atoms. The number of anilines is 1. The van der Waals surface area contributed by atoms with Crippen LogP contribution in [0.5, 0.6) is 0 Å². The van der Waals surface area contributed by atoms with Crippen LogP contribution in [0.3, 0.4) is 0 Å². The van der Waals surface area contributed by atoms with Crippen molar-refractivity contribution in [1.29, 1.82) is 0 Å². The van der Waals surface area contributed by atoms with Gasteiger partial charge in [0.05, 0.1) is 16.8 Å². The molecule has 1 aliphatic rings. The summed E-state index contributed by atoms with van der Waals surface area (Å²) in [5.41, 5.74) is 1.96. The largest absolute Gasteiger partial charge is 0.454 e. The molecule has 2 aromatic carbocycles. The van der Waals surface area contributed by atoms with Crippen molar-refractivity contribution in [1.82, 2.24) is 4.90 Å². The fourth-order valence-corrected chi connectivity index (χ4v) is 3.36. The van der Waals surface area contributed by atoms with E-state index in [1.807, 2.05) is 19.1 Å². The Morgan fingerprint density at radius 1 is 1.11 bits per heavy atom. The van der Waals surface area contributed by atoms with Gasteiger partial charge in [-0.05, 0) is 60.7 Å². The van der Waals surface area contributed by atoms with E-state index < -0.39 is 36.3 Å². The Kier molecular flexibility index (Phi) is 5.78. The standard InChI is InChI=1S/C20H17IN2O5/c1-11-7-8-13-14(9-11)19(26)23(18(13)25)12(2)20(27)28-10-17(24)22-16-6-4-3-5-15(16)21/h3-9,12H,10H2,1-2H3,(H,22,24). The minimum absolute atomic E-state index is 0.256. The van der Waals surface area contributed by atoms with E-state index in [-0.39, 0.29) is 11.1 Å². The molecule has 0 aromatic heterocycles. The Hall–Kier alpha value is -2.75. The second-order valence-electron chi connectivity index (χ2n) is 6.34. The molecule has 0 saturated heterocycles. The van der Waals surface area contributed by atoms with Crippen LogP contribution in [0.2, 0.25) is 0 Å². The van der Waals surface area contributed by atoms with Crippen molar-refractivity contribution in [2.24, 2.45) is 0 Å². The lowest BCUT2D eigenvalue weighted by Crippen LogP contribution is -2.44. The predicted molar refractivity (Wildman–Crippen MR) is 110 cm³/mol. The second-order valence-corrected chi connectivity index (χ2v) is 7.50. The van der Waals surface area contributed by atoms with E-state index in [0.717, 1.165) is 14.0 Å². The van der Waals surface area contributed by atoms with Gasteiger partial charge in [0.1, 0.15) is 6.04 Å². The first kappa shape index (κ1) is 20.0. The van der Waals surface area contributed by atoms with Crippen LogP contribution in [0.15, 0.2) is 42.5 Å². The highest BCUT2D eigenvalue weighted by Crippen LogP contribution is 2.26. The highest BCUT2D eigenvalue weighted by molar-refractivity contribution is 14.1. The summed E-state index contributed by atoms with van der Waals surface area (Å²) in [7, 11) is 0. The highest BCUT2D eigenvalue weighted by Gasteiger charge is 2.41. The van der Waals surface area contributed by atoms with Crippen molar-refractivity contribution < 1.29 is 23.9 Å². The number of carbonyl (C=O) groups excluding carboxylic acids is 4. The number of nitrogens with one attached hydrogen (secondary N) is 1. The van der Waals surface area contributed by atoms with Crippen LogP contribution < -0.4 is 5.32 Å². The first-order chi connectivity index (χ1) is 13.3. The lowest BCUT2D eigenvalue weighted by molar-refractivity contribution is -0.150. The molecule has 144 valence electrons. The van der Waals surface area contributed by atoms with Crippen molar-refractivity contribution in [2.45, 2.75) is 19.9 Å². The molecule has 1 N–H and O–H groups in total. The van der Waals surface area contributed by atoms with Crippen LogP contribution in [0.25, 0.3) is 0 Å². The van der Waals surface area contributed by atoms with E-state index in [9.17, 15) is 19.2 Å². The van der Waals surface area contributed by atoms with Crippen LogP contribution in [0, 0.1) is 10.5 Å². The summed E-state index contributed by atoms with van der Waals surface area (Å²) < 4.78 is 5.85. The van der Waals surface area contributed by atoms with E-state index in [1.165, 1.54) is 6.92 Å². The number of fused-ring (bicyclic) bond motifs is 1. The molecular formula is C20H17IN2O5. The SMILES string of the molecule is Cc1ccc2c(c1)C(=O)N(C(C)C(=O)OCC(=O)Nc1ccccc1I)C2=O. The fraction of sp³-hybridized carbons (Fsp3) is 0.200. The first-order valence-electron chi connectivity index (χ1n) is 8.49. The number of amides is 3. The number of hydrogen-bond donors (Lipinski definition) is 1. The zero-order chi connectivity index (χ0) is 20.4. The first-order valence-corrected chi connectivity index (χ1v) is 9.57. The van der Waals surface area contributed by atoms with Crippen molar-refractivity contribution in [3.05, 3.63) is 62.7 Å². The average Bonchev–Trinajstić information content (AvgIpc) is 2.91. The summed E-state index contributed by atoms with van der Waals surface area (Å²) in [6.45, 7) is 2.69. The van der Waals surface area contributed by atoms with Crippen LogP contribution in [0.4, 0.5) is 5.69 Å². The zero-order valence-electron chi connectivity index (χ0n) is 15.2. The highest BCUT2D eigenvalue weighted by atomic mass is 127. The Balaban J connectivity index is 1.62. The van der Waals surface area contributed by atoms with Gasteiger partial charge in [-0.1, -0.05) is 23.8 Å². The van der Waals surface area contributed by atoms with Crippen molar-refractivity contribution >= 4 is 52.0 Å². The number of benzene rings is 2. The molecule has 8 heteroatoms. The lowest BCUT2D eigenvalue weighted by Gasteiger charge is -2.20. The van der Waals surface area contributed by atoms with Gasteiger partial charge in [0.15, 0.2) is 6.61 Å². The molecule has 0 bridgehead atoms. The van der Waals surface area contributed by atoms with Crippen LogP contribution >= 0.6 is 22.6 Å². The van der Waals surface area contributed by atoms with E-state index in [0.29, 0.717) is 5.69 Å². The molecule has 0 spiro atoms. The Morgan fingerprint density at radius 2 is 1.79 bits per heavy atom. The zero-order valence-corrected chi connectivity index (χ0v) is 17.3. The van der Waals surface area contributed by atoms with Crippen LogP contribution in [0.1, 0.15) is 33.2 Å². The molecule has 7 nitrogen and oxygen atoms in total. The molecule has 1 aliphatic heterocycles. The Morgan fingerprint density at radius 3 is 2.50 bits per heavy atom. The van der Waals surface area contributed by atoms with Gasteiger partial charge >= 0.3 is 5.97 Å². The summed E-state index contributed by atoms with van der Waals surface area (Å²) >= 11 is 2.07. The lowest BCUT2D eigenvalue weighted by atomic mass is 10.1. The quantitative estimate of drug-likeness (QED) is 0.394. The number of ether oxygens (including phenoxy) is 1. The van der Waals surface area contributed by atoms with E-state index in [1.54, 1.807) is 30.3 Å². The van der Waals surface area contributed by atoms with Gasteiger partial charge in [-0.2, -0.15) is 0 Å². The van der Waals surface area contributed by atoms with Gasteiger partial charge in [0.2, 0.25) is 0 Å². The normalized spacial score (nSPS) is 13.9. The molecule has 2 aromatic rings. The number of rotatable bonds is 5. The molecule has 1 heterocycles. The summed E-state index contributed by atoms with van der Waals surface area (Å²) in [6.07, 6.45) is 0. The molecule has 0 radical (unpaired) electrons. The number of nitrogens with zero attached hydrogens (tertiary/aromatic N) is 1. The monoisotopic (exact) mass is 492 g/mol. The third-order valence-electron chi connectivity index (χ3n) is 4.30. The molecular weight excluding hydrogens is 475 g/mol. The van der Waals surface area contributed by atoms with E-state index in [2.05, 4.69) is 27.9 Å². The maximum Gasteiger partial charge on any atom is 0.329 e. The third kappa shape index (κ3) is 3.91. The summed E-state index contributed by atoms with van der Waals surface area (Å²) in [4.78, 5) is 50.2. The van der Waals surface area contributed by atoms with E-state index >= 15 is 0 Å². The molecule has 0 aliphatic carbocycles. The molecule has 3 amide bonds. The summed E-state index contributed by atoms with van der Waals surface area (Å²) in [5, 5.41) is 2.64. The minimum atomic E-state index is -1.14. The predicted octanol–water partition coefficient (Wildman–Crippen LogP) is 2.77. The number of para-hydroxylation sites is 1. The number of carbonyl (C=O) groups is 4. The number of imide groups is 1. The molecule has 0 fully saturated rings. The second kappa shape index (κ2) is 8.09. The maximum absolute atomic E-state index is 12.5. The summed E-state index contributed by atoms with van der Waals surface area (Å²) in [6, 6.07) is 10.9. The van der Waals surface area contributed by atoms with Crippen molar-refractivity contribution in [2.75, 3.05) is 11.9 Å². The number of esters is 1. The number of hydrogen-bond acceptors (Lipinski definition) is 5. The third-order valence-corrected chi connectivity index (χ3v) is 5.24. The van der Waals surface area contributed by atoms with Gasteiger partial charge in [0.25, 0.3) is 17.7 Å². The fourth-order valence-electron chi connectivity index (χ4n) is 2.84. The average molecular weight is 492 g/mol. The van der Waals surface area contributed by atoms with Crippen molar-refractivity contribution in [3.63, 3.8) is 0 Å². The smallest absolute Gasteiger partial charge is 0.329 e. The Bertz CT molecular complexity index is 988. The number of halogens is 1. The van der Waals surface area contributed by atoms with Gasteiger partial charge in [-0.15, -0.1) is 0 Å². The van der Waals surface area contributed by atoms with Gasteiger partial charge in [-0.3, -0.25) is 19.3 Å². The minimum Gasteiger partial charge on any atom is -0.454 e. The van der Waals surface area contributed by atoms with Gasteiger partial charge in [0, 0.05) is 3.57 Å². The topological polar surface area (TPSA) is 92.8 Å². The van der Waals surface area contributed by atoms with Crippen molar-refractivity contribution in [3.8, 4) is 0 Å². The maximum atomic E-state index is 12.5. The summed E-state index contributed by atoms with van der Waals surface area (Å²) in [5.74, 6) is -2.43. The van der Waals surface area contributed by atoms with E-state index in [4.69, 9.17) is 4.74 Å². The van der Waals surface area contributed by atoms with Crippen LogP contribution in [-0.4, -0.2) is 41.2 Å². The molecule has 0 saturated carbocycles. The van der Waals surface area contributed by atoms with Gasteiger partial charge < -0.3 is 10.1 Å². The Labute approximate surface area is 175 Å². The number of aryl methyl sites for hydroxylation is 1. The molecule has 3 rings (SSSR count). The van der Waals surface area contributed by atoms with Crippen LogP contribution in [-0.2, 0) is 14.3 Å². The molecule has 1 unspecified atom stereocenters. The molecule has 1 atom stereocenters.